The standard InChI is InChI=1S/C11H24O6/c1-11(8-15-5-2-12,9-16-6-3-13)10-17-7-4-14/h12-14H,2-10H2,1H3. The molecule has 0 amide bonds. The minimum atomic E-state index is -0.348. The van der Waals surface area contributed by atoms with Gasteiger partial charge in [0.2, 0.25) is 0 Å². The van der Waals surface area contributed by atoms with E-state index in [1.54, 1.807) is 0 Å². The van der Waals surface area contributed by atoms with Gasteiger partial charge in [0, 0.05) is 5.41 Å². The van der Waals surface area contributed by atoms with Crippen molar-refractivity contribution in [2.24, 2.45) is 5.41 Å². The Hall–Kier alpha value is -0.240. The Balaban J connectivity index is 3.95. The molecule has 104 valence electrons. The van der Waals surface area contributed by atoms with Gasteiger partial charge in [0.15, 0.2) is 0 Å². The number of rotatable bonds is 12. The van der Waals surface area contributed by atoms with Crippen LogP contribution < -0.4 is 0 Å². The average Bonchev–Trinajstić information content (AvgIpc) is 2.30. The van der Waals surface area contributed by atoms with Gasteiger partial charge in [-0.25, -0.2) is 0 Å². The Morgan fingerprint density at radius 2 is 1.00 bits per heavy atom. The summed E-state index contributed by atoms with van der Waals surface area (Å²) in [6, 6.07) is 0. The summed E-state index contributed by atoms with van der Waals surface area (Å²) in [6.45, 7) is 3.86. The third kappa shape index (κ3) is 9.46. The Morgan fingerprint density at radius 1 is 0.706 bits per heavy atom. The van der Waals surface area contributed by atoms with Crippen LogP contribution in [0.15, 0.2) is 0 Å². The van der Waals surface area contributed by atoms with E-state index in [0.717, 1.165) is 0 Å². The second kappa shape index (κ2) is 10.9. The molecule has 0 aliphatic carbocycles. The fourth-order valence-electron chi connectivity index (χ4n) is 1.27. The molecule has 0 aromatic carbocycles. The van der Waals surface area contributed by atoms with Crippen molar-refractivity contribution in [2.45, 2.75) is 6.92 Å². The van der Waals surface area contributed by atoms with Crippen molar-refractivity contribution < 1.29 is 29.5 Å². The van der Waals surface area contributed by atoms with E-state index in [4.69, 9.17) is 29.5 Å². The van der Waals surface area contributed by atoms with Gasteiger partial charge < -0.3 is 29.5 Å². The third-order valence-electron chi connectivity index (χ3n) is 2.06. The lowest BCUT2D eigenvalue weighted by atomic mass is 9.94. The Morgan fingerprint density at radius 3 is 1.24 bits per heavy atom. The first-order valence-corrected chi connectivity index (χ1v) is 5.74. The molecular weight excluding hydrogens is 228 g/mol. The van der Waals surface area contributed by atoms with Gasteiger partial charge in [0.1, 0.15) is 0 Å². The highest BCUT2D eigenvalue weighted by molar-refractivity contribution is 4.73. The summed E-state index contributed by atoms with van der Waals surface area (Å²) in [5.74, 6) is 0. The molecule has 0 heterocycles. The van der Waals surface area contributed by atoms with Gasteiger partial charge in [-0.05, 0) is 0 Å². The first-order chi connectivity index (χ1) is 8.18. The molecule has 3 N–H and O–H groups in total. The minimum Gasteiger partial charge on any atom is -0.394 e. The van der Waals surface area contributed by atoms with Gasteiger partial charge >= 0.3 is 0 Å². The maximum atomic E-state index is 8.64. The first kappa shape index (κ1) is 16.8. The van der Waals surface area contributed by atoms with Crippen molar-refractivity contribution >= 4 is 0 Å². The van der Waals surface area contributed by atoms with Gasteiger partial charge in [-0.3, -0.25) is 0 Å². The quantitative estimate of drug-likeness (QED) is 0.387. The van der Waals surface area contributed by atoms with Gasteiger partial charge in [-0.2, -0.15) is 0 Å². The lowest BCUT2D eigenvalue weighted by Gasteiger charge is -2.28. The van der Waals surface area contributed by atoms with Gasteiger partial charge in [0.25, 0.3) is 0 Å². The smallest absolute Gasteiger partial charge is 0.0698 e. The van der Waals surface area contributed by atoms with Crippen LogP contribution in [0.25, 0.3) is 0 Å². The molecule has 0 rings (SSSR count). The lowest BCUT2D eigenvalue weighted by Crippen LogP contribution is -2.35. The SMILES string of the molecule is CC(COCCO)(COCCO)COCCO. The van der Waals surface area contributed by atoms with Crippen LogP contribution in [-0.2, 0) is 14.2 Å². The molecule has 6 nitrogen and oxygen atoms in total. The second-order valence-corrected chi connectivity index (χ2v) is 4.14. The van der Waals surface area contributed by atoms with Crippen LogP contribution in [0, 0.1) is 5.41 Å². The molecule has 0 aliphatic rings. The lowest BCUT2D eigenvalue weighted by molar-refractivity contribution is -0.0710. The van der Waals surface area contributed by atoms with Crippen LogP contribution in [0.2, 0.25) is 0 Å². The third-order valence-corrected chi connectivity index (χ3v) is 2.06. The van der Waals surface area contributed by atoms with E-state index in [1.165, 1.54) is 0 Å². The summed E-state index contributed by atoms with van der Waals surface area (Å²) < 4.78 is 15.8. The van der Waals surface area contributed by atoms with Crippen molar-refractivity contribution in [1.29, 1.82) is 0 Å². The van der Waals surface area contributed by atoms with Crippen LogP contribution >= 0.6 is 0 Å². The molecule has 0 aromatic heterocycles. The minimum absolute atomic E-state index is 0.0227. The number of ether oxygens (including phenoxy) is 3. The first-order valence-electron chi connectivity index (χ1n) is 5.74. The highest BCUT2D eigenvalue weighted by atomic mass is 16.5. The molecule has 6 heteroatoms. The van der Waals surface area contributed by atoms with Crippen LogP contribution in [0.5, 0.6) is 0 Å². The molecule has 0 saturated carbocycles. The molecular formula is C11H24O6. The zero-order chi connectivity index (χ0) is 13.0. The van der Waals surface area contributed by atoms with Crippen molar-refractivity contribution in [3.8, 4) is 0 Å². The molecule has 17 heavy (non-hydrogen) atoms. The largest absolute Gasteiger partial charge is 0.394 e. The molecule has 0 aliphatic heterocycles. The summed E-state index contributed by atoms with van der Waals surface area (Å²) >= 11 is 0. The van der Waals surface area contributed by atoms with Crippen molar-refractivity contribution in [3.05, 3.63) is 0 Å². The zero-order valence-corrected chi connectivity index (χ0v) is 10.4. The molecule has 0 aromatic rings. The average molecular weight is 252 g/mol. The van der Waals surface area contributed by atoms with Crippen molar-refractivity contribution in [2.75, 3.05) is 59.5 Å². The topological polar surface area (TPSA) is 88.4 Å². The van der Waals surface area contributed by atoms with Crippen LogP contribution in [0.4, 0.5) is 0 Å². The predicted octanol–water partition coefficient (Wildman–Crippen LogP) is -0.981. The molecule has 0 bridgehead atoms. The van der Waals surface area contributed by atoms with Crippen LogP contribution in [0.3, 0.4) is 0 Å². The summed E-state index contributed by atoms with van der Waals surface area (Å²) in [5.41, 5.74) is -0.348. The fraction of sp³-hybridized carbons (Fsp3) is 1.00. The van der Waals surface area contributed by atoms with E-state index in [9.17, 15) is 0 Å². The summed E-state index contributed by atoms with van der Waals surface area (Å²) in [5, 5.41) is 25.9. The van der Waals surface area contributed by atoms with E-state index in [2.05, 4.69) is 0 Å². The van der Waals surface area contributed by atoms with E-state index < -0.39 is 0 Å². The fourth-order valence-corrected chi connectivity index (χ4v) is 1.27. The number of aliphatic hydroxyl groups is 3. The molecule has 0 fully saturated rings. The normalized spacial score (nSPS) is 12.0. The zero-order valence-electron chi connectivity index (χ0n) is 10.4. The van der Waals surface area contributed by atoms with E-state index in [0.29, 0.717) is 19.8 Å². The molecule has 0 spiro atoms. The summed E-state index contributed by atoms with van der Waals surface area (Å²) in [4.78, 5) is 0. The van der Waals surface area contributed by atoms with Crippen molar-refractivity contribution in [1.82, 2.24) is 0 Å². The predicted molar refractivity (Wildman–Crippen MR) is 61.8 cm³/mol. The van der Waals surface area contributed by atoms with Gasteiger partial charge in [-0.15, -0.1) is 0 Å². The summed E-state index contributed by atoms with van der Waals surface area (Å²) in [7, 11) is 0. The maximum Gasteiger partial charge on any atom is 0.0698 e. The number of hydrogen-bond donors (Lipinski definition) is 3. The van der Waals surface area contributed by atoms with Crippen molar-refractivity contribution in [3.63, 3.8) is 0 Å². The van der Waals surface area contributed by atoms with E-state index in [1.807, 2.05) is 6.92 Å². The van der Waals surface area contributed by atoms with Gasteiger partial charge in [0.05, 0.1) is 59.5 Å². The maximum absolute atomic E-state index is 8.64. The number of hydrogen-bond acceptors (Lipinski definition) is 6. The molecule has 0 saturated heterocycles. The van der Waals surface area contributed by atoms with Crippen LogP contribution in [-0.4, -0.2) is 74.8 Å². The molecule has 0 atom stereocenters. The van der Waals surface area contributed by atoms with Gasteiger partial charge in [-0.1, -0.05) is 6.92 Å². The second-order valence-electron chi connectivity index (χ2n) is 4.14. The number of aliphatic hydroxyl groups excluding tert-OH is 3. The Kier molecular flexibility index (Phi) is 10.7. The highest BCUT2D eigenvalue weighted by Crippen LogP contribution is 2.18. The Bertz CT molecular complexity index is 138. The highest BCUT2D eigenvalue weighted by Gasteiger charge is 2.25. The molecule has 0 radical (unpaired) electrons. The van der Waals surface area contributed by atoms with Crippen LogP contribution in [0.1, 0.15) is 6.92 Å². The van der Waals surface area contributed by atoms with E-state index >= 15 is 0 Å². The monoisotopic (exact) mass is 252 g/mol. The summed E-state index contributed by atoms with van der Waals surface area (Å²) in [6.07, 6.45) is 0. The molecule has 0 unspecified atom stereocenters. The van der Waals surface area contributed by atoms with E-state index in [-0.39, 0.29) is 45.1 Å². The Labute approximate surface area is 102 Å².